The molecule has 7 nitrogen and oxygen atoms in total. The molecule has 31 heavy (non-hydrogen) atoms. The molecule has 0 saturated carbocycles. The summed E-state index contributed by atoms with van der Waals surface area (Å²) in [6, 6.07) is 17.5. The highest BCUT2D eigenvalue weighted by atomic mass is 16.5. The Labute approximate surface area is 182 Å². The van der Waals surface area contributed by atoms with E-state index in [0.29, 0.717) is 12.4 Å². The highest BCUT2D eigenvalue weighted by Gasteiger charge is 2.25. The summed E-state index contributed by atoms with van der Waals surface area (Å²) in [5, 5.41) is 3.45. The predicted molar refractivity (Wildman–Crippen MR) is 121 cm³/mol. The number of carbonyl (C=O) groups is 1. The lowest BCUT2D eigenvalue weighted by molar-refractivity contribution is -0.118. The van der Waals surface area contributed by atoms with E-state index >= 15 is 0 Å². The van der Waals surface area contributed by atoms with Crippen LogP contribution in [0.1, 0.15) is 17.0 Å². The van der Waals surface area contributed by atoms with Crippen molar-refractivity contribution in [1.82, 2.24) is 14.9 Å². The second-order valence-electron chi connectivity index (χ2n) is 7.50. The van der Waals surface area contributed by atoms with Gasteiger partial charge in [-0.2, -0.15) is 0 Å². The summed E-state index contributed by atoms with van der Waals surface area (Å²) in [6.07, 6.45) is 3.36. The van der Waals surface area contributed by atoms with Gasteiger partial charge in [0, 0.05) is 49.7 Å². The van der Waals surface area contributed by atoms with E-state index in [1.807, 2.05) is 54.6 Å². The Morgan fingerprint density at radius 2 is 1.90 bits per heavy atom. The van der Waals surface area contributed by atoms with Crippen molar-refractivity contribution < 1.29 is 9.53 Å². The van der Waals surface area contributed by atoms with Crippen molar-refractivity contribution in [1.29, 1.82) is 0 Å². The molecular weight excluding hydrogens is 390 g/mol. The number of rotatable bonds is 8. The minimum Gasteiger partial charge on any atom is -0.379 e. The molecule has 4 rings (SSSR count). The van der Waals surface area contributed by atoms with E-state index in [1.54, 1.807) is 12.4 Å². The van der Waals surface area contributed by atoms with Crippen LogP contribution in [0.2, 0.25) is 0 Å². The molecule has 1 aliphatic rings. The highest BCUT2D eigenvalue weighted by molar-refractivity contribution is 5.87. The Hall–Kier alpha value is -3.29. The number of primary amides is 1. The summed E-state index contributed by atoms with van der Waals surface area (Å²) in [4.78, 5) is 23.8. The fourth-order valence-electron chi connectivity index (χ4n) is 3.82. The maximum Gasteiger partial charge on any atom is 0.229 e. The summed E-state index contributed by atoms with van der Waals surface area (Å²) in [7, 11) is 0. The lowest BCUT2D eigenvalue weighted by Crippen LogP contribution is -2.39. The molecule has 1 atom stereocenters. The molecule has 1 unspecified atom stereocenters. The third-order valence-corrected chi connectivity index (χ3v) is 5.43. The maximum atomic E-state index is 12.4. The number of nitrogens with one attached hydrogen (secondary N) is 1. The molecule has 2 aromatic heterocycles. The van der Waals surface area contributed by atoms with E-state index in [4.69, 9.17) is 15.5 Å². The maximum absolute atomic E-state index is 12.4. The van der Waals surface area contributed by atoms with E-state index in [2.05, 4.69) is 15.2 Å². The number of morpholine rings is 1. The van der Waals surface area contributed by atoms with Gasteiger partial charge in [-0.1, -0.05) is 42.5 Å². The fourth-order valence-corrected chi connectivity index (χ4v) is 3.82. The standard InChI is InChI=1S/C24H27N5O2/c25-23(30)22(19-7-4-10-26-17-19)20-8-9-21(18-5-2-1-3-6-18)28-24(20)27-11-12-29-13-15-31-16-14-29/h1-10,17,22H,11-16H2,(H2,25,30)(H,27,28). The molecule has 1 aromatic carbocycles. The van der Waals surface area contributed by atoms with Crippen LogP contribution in [0.15, 0.2) is 67.0 Å². The number of ether oxygens (including phenoxy) is 1. The summed E-state index contributed by atoms with van der Waals surface area (Å²) < 4.78 is 5.42. The summed E-state index contributed by atoms with van der Waals surface area (Å²) >= 11 is 0. The van der Waals surface area contributed by atoms with Gasteiger partial charge in [0.1, 0.15) is 5.82 Å². The van der Waals surface area contributed by atoms with Gasteiger partial charge in [0.05, 0.1) is 24.8 Å². The van der Waals surface area contributed by atoms with Crippen molar-refractivity contribution in [3.63, 3.8) is 0 Å². The zero-order chi connectivity index (χ0) is 21.5. The van der Waals surface area contributed by atoms with Gasteiger partial charge in [0.15, 0.2) is 0 Å². The molecule has 160 valence electrons. The zero-order valence-corrected chi connectivity index (χ0v) is 17.4. The molecule has 1 fully saturated rings. The first-order valence-corrected chi connectivity index (χ1v) is 10.5. The van der Waals surface area contributed by atoms with E-state index in [9.17, 15) is 4.79 Å². The molecule has 0 aliphatic carbocycles. The van der Waals surface area contributed by atoms with Crippen LogP contribution in [-0.2, 0) is 9.53 Å². The summed E-state index contributed by atoms with van der Waals surface area (Å²) in [5.74, 6) is -0.391. The Balaban J connectivity index is 1.64. The lowest BCUT2D eigenvalue weighted by Gasteiger charge is -2.27. The van der Waals surface area contributed by atoms with E-state index in [0.717, 1.165) is 55.2 Å². The van der Waals surface area contributed by atoms with Crippen molar-refractivity contribution in [3.8, 4) is 11.3 Å². The number of aromatic nitrogens is 2. The van der Waals surface area contributed by atoms with Crippen LogP contribution in [0, 0.1) is 0 Å². The molecule has 3 aromatic rings. The average molecular weight is 418 g/mol. The van der Waals surface area contributed by atoms with Gasteiger partial charge in [-0.15, -0.1) is 0 Å². The van der Waals surface area contributed by atoms with Crippen LogP contribution in [-0.4, -0.2) is 60.2 Å². The summed E-state index contributed by atoms with van der Waals surface area (Å²) in [6.45, 7) is 4.94. The van der Waals surface area contributed by atoms with Crippen LogP contribution in [0.4, 0.5) is 5.82 Å². The smallest absolute Gasteiger partial charge is 0.229 e. The molecule has 1 aliphatic heterocycles. The molecule has 3 N–H and O–H groups in total. The van der Waals surface area contributed by atoms with Gasteiger partial charge >= 0.3 is 0 Å². The topological polar surface area (TPSA) is 93.4 Å². The van der Waals surface area contributed by atoms with Crippen molar-refractivity contribution in [2.24, 2.45) is 5.73 Å². The number of hydrogen-bond acceptors (Lipinski definition) is 6. The number of pyridine rings is 2. The molecule has 3 heterocycles. The Morgan fingerprint density at radius 1 is 1.10 bits per heavy atom. The first kappa shape index (κ1) is 21.0. The quantitative estimate of drug-likeness (QED) is 0.585. The molecule has 0 spiro atoms. The van der Waals surface area contributed by atoms with Crippen LogP contribution in [0.25, 0.3) is 11.3 Å². The van der Waals surface area contributed by atoms with Crippen molar-refractivity contribution in [3.05, 3.63) is 78.1 Å². The molecular formula is C24H27N5O2. The third-order valence-electron chi connectivity index (χ3n) is 5.43. The van der Waals surface area contributed by atoms with Gasteiger partial charge in [-0.05, 0) is 17.7 Å². The van der Waals surface area contributed by atoms with E-state index in [1.165, 1.54) is 0 Å². The molecule has 0 bridgehead atoms. The van der Waals surface area contributed by atoms with E-state index in [-0.39, 0.29) is 0 Å². The minimum absolute atomic E-state index is 0.432. The van der Waals surface area contributed by atoms with Crippen LogP contribution >= 0.6 is 0 Å². The van der Waals surface area contributed by atoms with E-state index < -0.39 is 11.8 Å². The molecule has 0 radical (unpaired) electrons. The highest BCUT2D eigenvalue weighted by Crippen LogP contribution is 2.31. The Bertz CT molecular complexity index is 991. The normalized spacial score (nSPS) is 15.4. The first-order chi connectivity index (χ1) is 15.2. The zero-order valence-electron chi connectivity index (χ0n) is 17.4. The number of anilines is 1. The van der Waals surface area contributed by atoms with Crippen LogP contribution < -0.4 is 11.1 Å². The number of carbonyl (C=O) groups excluding carboxylic acids is 1. The largest absolute Gasteiger partial charge is 0.379 e. The number of nitrogens with two attached hydrogens (primary N) is 1. The van der Waals surface area contributed by atoms with Gasteiger partial charge < -0.3 is 15.8 Å². The van der Waals surface area contributed by atoms with Gasteiger partial charge in [-0.3, -0.25) is 14.7 Å². The molecule has 1 saturated heterocycles. The number of hydrogen-bond donors (Lipinski definition) is 2. The van der Waals surface area contributed by atoms with Gasteiger partial charge in [-0.25, -0.2) is 4.98 Å². The first-order valence-electron chi connectivity index (χ1n) is 10.5. The monoisotopic (exact) mass is 417 g/mol. The summed E-state index contributed by atoms with van der Waals surface area (Å²) in [5.41, 5.74) is 9.18. The van der Waals surface area contributed by atoms with Gasteiger partial charge in [0.25, 0.3) is 0 Å². The van der Waals surface area contributed by atoms with Crippen LogP contribution in [0.5, 0.6) is 0 Å². The predicted octanol–water partition coefficient (Wildman–Crippen LogP) is 2.50. The fraction of sp³-hybridized carbons (Fsp3) is 0.292. The molecule has 1 amide bonds. The Morgan fingerprint density at radius 3 is 2.61 bits per heavy atom. The second kappa shape index (κ2) is 10.1. The number of amides is 1. The van der Waals surface area contributed by atoms with Crippen molar-refractivity contribution in [2.75, 3.05) is 44.7 Å². The minimum atomic E-state index is -0.628. The molecule has 7 heteroatoms. The number of nitrogens with zero attached hydrogens (tertiary/aromatic N) is 3. The SMILES string of the molecule is NC(=O)C(c1cccnc1)c1ccc(-c2ccccc2)nc1NCCN1CCOCC1. The second-order valence-corrected chi connectivity index (χ2v) is 7.50. The van der Waals surface area contributed by atoms with Crippen LogP contribution in [0.3, 0.4) is 0 Å². The van der Waals surface area contributed by atoms with Gasteiger partial charge in [0.2, 0.25) is 5.91 Å². The third kappa shape index (κ3) is 5.25. The Kier molecular flexibility index (Phi) is 6.86. The number of benzene rings is 1. The lowest BCUT2D eigenvalue weighted by atomic mass is 9.91. The van der Waals surface area contributed by atoms with Crippen molar-refractivity contribution >= 4 is 11.7 Å². The average Bonchev–Trinajstić information content (AvgIpc) is 2.82. The van der Waals surface area contributed by atoms with Crippen molar-refractivity contribution in [2.45, 2.75) is 5.92 Å².